The topological polar surface area (TPSA) is 106 Å². The molecule has 1 amide bonds. The molecule has 4 aromatic rings. The fraction of sp³-hybridized carbons (Fsp3) is 0.0500. The highest BCUT2D eigenvalue weighted by atomic mass is 19.1. The van der Waals surface area contributed by atoms with E-state index < -0.39 is 5.82 Å². The average Bonchev–Trinajstić information content (AvgIpc) is 3.27. The molecule has 0 bridgehead atoms. The number of halogens is 1. The SMILES string of the molecule is O=C(Cc1ccc(-c2nn[nH]n2)cc1)Nc1ccc(Oc2ccccc2F)nc1. The summed E-state index contributed by atoms with van der Waals surface area (Å²) in [5, 5.41) is 16.5. The Hall–Kier alpha value is -4.14. The lowest BCUT2D eigenvalue weighted by Gasteiger charge is -2.08. The van der Waals surface area contributed by atoms with E-state index in [1.807, 2.05) is 24.3 Å². The van der Waals surface area contributed by atoms with Gasteiger partial charge in [-0.15, -0.1) is 10.2 Å². The van der Waals surface area contributed by atoms with Gasteiger partial charge in [0.15, 0.2) is 11.6 Å². The third kappa shape index (κ3) is 4.59. The van der Waals surface area contributed by atoms with Crippen LogP contribution in [0.4, 0.5) is 10.1 Å². The molecule has 29 heavy (non-hydrogen) atoms. The maximum absolute atomic E-state index is 13.6. The van der Waals surface area contributed by atoms with Gasteiger partial charge in [-0.25, -0.2) is 9.37 Å². The number of carbonyl (C=O) groups excluding carboxylic acids is 1. The first kappa shape index (κ1) is 18.2. The lowest BCUT2D eigenvalue weighted by Crippen LogP contribution is -2.14. The molecule has 0 aliphatic heterocycles. The van der Waals surface area contributed by atoms with Gasteiger partial charge in [-0.05, 0) is 29.0 Å². The number of hydrogen-bond acceptors (Lipinski definition) is 6. The van der Waals surface area contributed by atoms with Crippen LogP contribution in [-0.2, 0) is 11.2 Å². The van der Waals surface area contributed by atoms with Gasteiger partial charge < -0.3 is 10.1 Å². The van der Waals surface area contributed by atoms with Gasteiger partial charge in [0, 0.05) is 11.6 Å². The summed E-state index contributed by atoms with van der Waals surface area (Å²) in [7, 11) is 0. The van der Waals surface area contributed by atoms with Crippen molar-refractivity contribution < 1.29 is 13.9 Å². The van der Waals surface area contributed by atoms with E-state index in [4.69, 9.17) is 4.74 Å². The molecule has 2 aromatic heterocycles. The quantitative estimate of drug-likeness (QED) is 0.523. The number of nitrogens with zero attached hydrogens (tertiary/aromatic N) is 4. The van der Waals surface area contributed by atoms with E-state index >= 15 is 0 Å². The van der Waals surface area contributed by atoms with E-state index in [1.54, 1.807) is 24.3 Å². The van der Waals surface area contributed by atoms with Gasteiger partial charge in [0.1, 0.15) is 0 Å². The Morgan fingerprint density at radius 2 is 1.90 bits per heavy atom. The van der Waals surface area contributed by atoms with Crippen LogP contribution in [0.1, 0.15) is 5.56 Å². The Balaban J connectivity index is 1.34. The lowest BCUT2D eigenvalue weighted by atomic mass is 10.1. The standard InChI is InChI=1S/C20H15FN6O2/c21-16-3-1-2-4-17(16)29-19-10-9-15(12-22-19)23-18(28)11-13-5-7-14(8-6-13)20-24-26-27-25-20/h1-10,12H,11H2,(H,23,28)(H,24,25,26,27). The van der Waals surface area contributed by atoms with Crippen LogP contribution in [0.3, 0.4) is 0 Å². The number of ether oxygens (including phenoxy) is 1. The molecule has 0 spiro atoms. The monoisotopic (exact) mass is 390 g/mol. The molecule has 2 heterocycles. The van der Waals surface area contributed by atoms with E-state index in [0.29, 0.717) is 11.5 Å². The zero-order chi connectivity index (χ0) is 20.1. The fourth-order valence-electron chi connectivity index (χ4n) is 2.60. The number of amides is 1. The summed E-state index contributed by atoms with van der Waals surface area (Å²) in [4.78, 5) is 16.3. The summed E-state index contributed by atoms with van der Waals surface area (Å²) in [6.45, 7) is 0. The first-order valence-corrected chi connectivity index (χ1v) is 8.68. The van der Waals surface area contributed by atoms with Crippen LogP contribution in [-0.4, -0.2) is 31.5 Å². The largest absolute Gasteiger partial charge is 0.436 e. The predicted octanol–water partition coefficient (Wildman–Crippen LogP) is 3.37. The maximum Gasteiger partial charge on any atom is 0.228 e. The second kappa shape index (κ2) is 8.26. The van der Waals surface area contributed by atoms with Crippen molar-refractivity contribution in [2.75, 3.05) is 5.32 Å². The molecule has 0 aliphatic carbocycles. The fourth-order valence-corrected chi connectivity index (χ4v) is 2.60. The summed E-state index contributed by atoms with van der Waals surface area (Å²) >= 11 is 0. The average molecular weight is 390 g/mol. The van der Waals surface area contributed by atoms with Crippen molar-refractivity contribution in [2.45, 2.75) is 6.42 Å². The summed E-state index contributed by atoms with van der Waals surface area (Å²) in [5.41, 5.74) is 2.15. The molecule has 0 fully saturated rings. The Morgan fingerprint density at radius 3 is 2.59 bits per heavy atom. The Bertz CT molecular complexity index is 1100. The smallest absolute Gasteiger partial charge is 0.228 e. The number of aromatic amines is 1. The number of benzene rings is 2. The number of hydrogen-bond donors (Lipinski definition) is 2. The highest BCUT2D eigenvalue weighted by Crippen LogP contribution is 2.23. The Kier molecular flexibility index (Phi) is 5.19. The Labute approximate surface area is 164 Å². The van der Waals surface area contributed by atoms with Crippen LogP contribution in [0.5, 0.6) is 11.6 Å². The molecular weight excluding hydrogens is 375 g/mol. The number of nitrogens with one attached hydrogen (secondary N) is 2. The van der Waals surface area contributed by atoms with E-state index in [1.165, 1.54) is 18.3 Å². The van der Waals surface area contributed by atoms with Crippen molar-refractivity contribution in [3.8, 4) is 23.0 Å². The molecule has 144 valence electrons. The first-order chi connectivity index (χ1) is 14.2. The zero-order valence-electron chi connectivity index (χ0n) is 15.0. The molecule has 4 rings (SSSR count). The van der Waals surface area contributed by atoms with Crippen LogP contribution < -0.4 is 10.1 Å². The molecule has 8 nitrogen and oxygen atoms in total. The van der Waals surface area contributed by atoms with Gasteiger partial charge >= 0.3 is 0 Å². The molecule has 0 aliphatic rings. The Morgan fingerprint density at radius 1 is 1.07 bits per heavy atom. The number of pyridine rings is 1. The van der Waals surface area contributed by atoms with E-state index in [0.717, 1.165) is 11.1 Å². The number of rotatable bonds is 6. The van der Waals surface area contributed by atoms with Crippen LogP contribution in [0.2, 0.25) is 0 Å². The highest BCUT2D eigenvalue weighted by molar-refractivity contribution is 5.92. The normalized spacial score (nSPS) is 10.5. The van der Waals surface area contributed by atoms with Crippen molar-refractivity contribution in [1.29, 1.82) is 0 Å². The molecule has 0 saturated carbocycles. The van der Waals surface area contributed by atoms with E-state index in [-0.39, 0.29) is 24.0 Å². The summed E-state index contributed by atoms with van der Waals surface area (Å²) in [5.74, 6) is 0.134. The molecule has 9 heteroatoms. The van der Waals surface area contributed by atoms with Gasteiger partial charge in [0.05, 0.1) is 18.3 Å². The second-order valence-electron chi connectivity index (χ2n) is 6.07. The molecule has 0 saturated heterocycles. The molecule has 2 N–H and O–H groups in total. The molecule has 0 radical (unpaired) electrons. The minimum Gasteiger partial charge on any atom is -0.436 e. The lowest BCUT2D eigenvalue weighted by molar-refractivity contribution is -0.115. The van der Waals surface area contributed by atoms with Gasteiger partial charge in [0.2, 0.25) is 17.6 Å². The van der Waals surface area contributed by atoms with E-state index in [2.05, 4.69) is 30.9 Å². The van der Waals surface area contributed by atoms with Crippen molar-refractivity contribution in [3.05, 3.63) is 78.2 Å². The van der Waals surface area contributed by atoms with Crippen molar-refractivity contribution in [2.24, 2.45) is 0 Å². The first-order valence-electron chi connectivity index (χ1n) is 8.68. The van der Waals surface area contributed by atoms with Gasteiger partial charge in [-0.3, -0.25) is 4.79 Å². The van der Waals surface area contributed by atoms with Crippen LogP contribution in [0.25, 0.3) is 11.4 Å². The predicted molar refractivity (Wildman–Crippen MR) is 103 cm³/mol. The third-order valence-corrected chi connectivity index (χ3v) is 3.99. The van der Waals surface area contributed by atoms with Crippen LogP contribution in [0.15, 0.2) is 66.9 Å². The number of carbonyl (C=O) groups is 1. The summed E-state index contributed by atoms with van der Waals surface area (Å²) in [6.07, 6.45) is 1.65. The molecule has 0 unspecified atom stereocenters. The number of para-hydroxylation sites is 1. The zero-order valence-corrected chi connectivity index (χ0v) is 15.0. The molecular formula is C20H15FN6O2. The van der Waals surface area contributed by atoms with Gasteiger partial charge in [-0.1, -0.05) is 36.4 Å². The maximum atomic E-state index is 13.6. The number of H-pyrrole nitrogens is 1. The van der Waals surface area contributed by atoms with E-state index in [9.17, 15) is 9.18 Å². The van der Waals surface area contributed by atoms with Gasteiger partial charge in [-0.2, -0.15) is 5.21 Å². The van der Waals surface area contributed by atoms with Crippen molar-refractivity contribution >= 4 is 11.6 Å². The molecule has 0 atom stereocenters. The van der Waals surface area contributed by atoms with Gasteiger partial charge in [0.25, 0.3) is 0 Å². The third-order valence-electron chi connectivity index (χ3n) is 3.99. The second-order valence-corrected chi connectivity index (χ2v) is 6.07. The van der Waals surface area contributed by atoms with Crippen LogP contribution in [0, 0.1) is 5.82 Å². The van der Waals surface area contributed by atoms with Crippen molar-refractivity contribution in [3.63, 3.8) is 0 Å². The molecule has 2 aromatic carbocycles. The van der Waals surface area contributed by atoms with Crippen LogP contribution >= 0.6 is 0 Å². The number of anilines is 1. The van der Waals surface area contributed by atoms with Crippen molar-refractivity contribution in [1.82, 2.24) is 25.6 Å². The minimum atomic E-state index is -0.475. The number of aromatic nitrogens is 5. The number of tetrazole rings is 1. The summed E-state index contributed by atoms with van der Waals surface area (Å²) in [6, 6.07) is 16.6. The summed E-state index contributed by atoms with van der Waals surface area (Å²) < 4.78 is 19.0. The highest BCUT2D eigenvalue weighted by Gasteiger charge is 2.08. The minimum absolute atomic E-state index is 0.0843.